The Morgan fingerprint density at radius 1 is 0.483 bits per heavy atom. The van der Waals surface area contributed by atoms with Crippen LogP contribution in [0.3, 0.4) is 0 Å². The predicted octanol–water partition coefficient (Wildman–Crippen LogP) is 8.11. The van der Waals surface area contributed by atoms with Gasteiger partial charge in [-0.15, -0.1) is 0 Å². The van der Waals surface area contributed by atoms with Gasteiger partial charge in [-0.3, -0.25) is 0 Å². The largest absolute Gasteiger partial charge is 0.456 e. The summed E-state index contributed by atoms with van der Waals surface area (Å²) in [5.74, 6) is 1.79. The Kier molecular flexibility index (Phi) is 5.68. The molecule has 0 aliphatic carbocycles. The first-order chi connectivity index (χ1) is 14.3. The van der Waals surface area contributed by atoms with Crippen molar-refractivity contribution in [2.75, 3.05) is 0 Å². The van der Waals surface area contributed by atoms with Crippen LogP contribution < -0.4 is 4.74 Å². The second-order valence-corrected chi connectivity index (χ2v) is 6.67. The Morgan fingerprint density at radius 2 is 0.931 bits per heavy atom. The van der Waals surface area contributed by atoms with E-state index in [1.165, 1.54) is 16.3 Å². The molecule has 0 fully saturated rings. The van der Waals surface area contributed by atoms with Crippen LogP contribution in [-0.4, -0.2) is 0 Å². The highest BCUT2D eigenvalue weighted by atomic mass is 16.5. The van der Waals surface area contributed by atoms with Crippen molar-refractivity contribution in [2.45, 2.75) is 0 Å². The fourth-order valence-corrected chi connectivity index (χ4v) is 3.28. The maximum Gasteiger partial charge on any atom is 0.135 e. The van der Waals surface area contributed by atoms with Crippen molar-refractivity contribution in [1.29, 1.82) is 0 Å². The van der Waals surface area contributed by atoms with E-state index in [0.717, 1.165) is 22.3 Å². The molecule has 0 amide bonds. The monoisotopic (exact) mass is 374 g/mol. The van der Waals surface area contributed by atoms with E-state index in [4.69, 9.17) is 4.74 Å². The molecule has 29 heavy (non-hydrogen) atoms. The SMILES string of the molecule is C=Cc1ccccc1.c1ccc2c(Oc3cccc4ccccc34)cccc2c1. The topological polar surface area (TPSA) is 9.23 Å². The third-order valence-electron chi connectivity index (χ3n) is 4.75. The quantitative estimate of drug-likeness (QED) is 0.310. The minimum absolute atomic E-state index is 0.893. The van der Waals surface area contributed by atoms with Crippen LogP contribution in [0.2, 0.25) is 0 Å². The molecule has 0 aliphatic heterocycles. The van der Waals surface area contributed by atoms with Crippen molar-refractivity contribution in [2.24, 2.45) is 0 Å². The van der Waals surface area contributed by atoms with Crippen molar-refractivity contribution in [3.05, 3.63) is 127 Å². The zero-order valence-corrected chi connectivity index (χ0v) is 16.2. The summed E-state index contributed by atoms with van der Waals surface area (Å²) in [7, 11) is 0. The predicted molar refractivity (Wildman–Crippen MR) is 125 cm³/mol. The van der Waals surface area contributed by atoms with Crippen LogP contribution in [-0.2, 0) is 0 Å². The second-order valence-electron chi connectivity index (χ2n) is 6.67. The Balaban J connectivity index is 0.000000216. The third-order valence-corrected chi connectivity index (χ3v) is 4.75. The maximum absolute atomic E-state index is 6.20. The summed E-state index contributed by atoms with van der Waals surface area (Å²) in [5, 5.41) is 4.64. The number of rotatable bonds is 3. The molecule has 0 bridgehead atoms. The molecule has 1 heteroatoms. The average Bonchev–Trinajstić information content (AvgIpc) is 2.80. The van der Waals surface area contributed by atoms with Gasteiger partial charge in [0.1, 0.15) is 11.5 Å². The molecule has 140 valence electrons. The minimum Gasteiger partial charge on any atom is -0.456 e. The van der Waals surface area contributed by atoms with Crippen molar-refractivity contribution in [3.8, 4) is 11.5 Å². The van der Waals surface area contributed by atoms with Crippen LogP contribution in [0.25, 0.3) is 27.6 Å². The van der Waals surface area contributed by atoms with Crippen LogP contribution >= 0.6 is 0 Å². The van der Waals surface area contributed by atoms with Gasteiger partial charge >= 0.3 is 0 Å². The minimum atomic E-state index is 0.893. The van der Waals surface area contributed by atoms with Crippen molar-refractivity contribution < 1.29 is 4.74 Å². The Morgan fingerprint density at radius 3 is 1.41 bits per heavy atom. The lowest BCUT2D eigenvalue weighted by molar-refractivity contribution is 0.494. The molecule has 0 aromatic heterocycles. The van der Waals surface area contributed by atoms with Gasteiger partial charge in [0.05, 0.1) is 0 Å². The molecule has 0 aliphatic rings. The fourth-order valence-electron chi connectivity index (χ4n) is 3.28. The Labute approximate surface area is 171 Å². The molecule has 0 saturated carbocycles. The first kappa shape index (κ1) is 18.5. The van der Waals surface area contributed by atoms with E-state index in [-0.39, 0.29) is 0 Å². The van der Waals surface area contributed by atoms with Crippen molar-refractivity contribution in [3.63, 3.8) is 0 Å². The maximum atomic E-state index is 6.20. The van der Waals surface area contributed by atoms with E-state index < -0.39 is 0 Å². The molecule has 1 nitrogen and oxygen atoms in total. The van der Waals surface area contributed by atoms with Gasteiger partial charge in [0, 0.05) is 10.8 Å². The molecular weight excluding hydrogens is 352 g/mol. The molecule has 0 heterocycles. The Hall–Kier alpha value is -3.84. The summed E-state index contributed by atoms with van der Waals surface area (Å²) in [6.45, 7) is 3.63. The summed E-state index contributed by atoms with van der Waals surface area (Å²) >= 11 is 0. The molecule has 0 N–H and O–H groups in total. The van der Waals surface area contributed by atoms with E-state index in [0.29, 0.717) is 0 Å². The van der Waals surface area contributed by atoms with Gasteiger partial charge in [-0.25, -0.2) is 0 Å². The lowest BCUT2D eigenvalue weighted by Gasteiger charge is -2.11. The van der Waals surface area contributed by atoms with E-state index in [9.17, 15) is 0 Å². The van der Waals surface area contributed by atoms with E-state index in [2.05, 4.69) is 43.0 Å². The number of hydrogen-bond acceptors (Lipinski definition) is 1. The van der Waals surface area contributed by atoms with Crippen LogP contribution in [0, 0.1) is 0 Å². The van der Waals surface area contributed by atoms with Crippen LogP contribution in [0.5, 0.6) is 11.5 Å². The summed E-state index contributed by atoms with van der Waals surface area (Å²) in [5.41, 5.74) is 1.17. The van der Waals surface area contributed by atoms with Crippen molar-refractivity contribution >= 4 is 27.6 Å². The number of hydrogen-bond donors (Lipinski definition) is 0. The van der Waals surface area contributed by atoms with Gasteiger partial charge in [0.15, 0.2) is 0 Å². The van der Waals surface area contributed by atoms with E-state index >= 15 is 0 Å². The lowest BCUT2D eigenvalue weighted by Crippen LogP contribution is -1.87. The highest BCUT2D eigenvalue weighted by molar-refractivity contribution is 5.91. The van der Waals surface area contributed by atoms with Gasteiger partial charge < -0.3 is 4.74 Å². The Bertz CT molecular complexity index is 1150. The smallest absolute Gasteiger partial charge is 0.135 e. The van der Waals surface area contributed by atoms with Gasteiger partial charge in [-0.1, -0.05) is 116 Å². The molecule has 0 unspecified atom stereocenters. The van der Waals surface area contributed by atoms with Crippen LogP contribution in [0.4, 0.5) is 0 Å². The van der Waals surface area contributed by atoms with Gasteiger partial charge in [0.25, 0.3) is 0 Å². The van der Waals surface area contributed by atoms with E-state index in [1.807, 2.05) is 84.9 Å². The van der Waals surface area contributed by atoms with Crippen LogP contribution in [0.15, 0.2) is 122 Å². The molecule has 0 radical (unpaired) electrons. The van der Waals surface area contributed by atoms with E-state index in [1.54, 1.807) is 0 Å². The number of ether oxygens (including phenoxy) is 1. The molecule has 5 aromatic rings. The molecule has 0 spiro atoms. The highest BCUT2D eigenvalue weighted by Gasteiger charge is 2.05. The lowest BCUT2D eigenvalue weighted by atomic mass is 10.1. The summed E-state index contributed by atoms with van der Waals surface area (Å²) in [6.07, 6.45) is 1.83. The molecule has 0 saturated heterocycles. The number of benzene rings is 5. The van der Waals surface area contributed by atoms with Crippen LogP contribution in [0.1, 0.15) is 5.56 Å². The van der Waals surface area contributed by atoms with Gasteiger partial charge in [0.2, 0.25) is 0 Å². The second kappa shape index (κ2) is 8.90. The summed E-state index contributed by atoms with van der Waals surface area (Å²) in [4.78, 5) is 0. The molecule has 5 rings (SSSR count). The summed E-state index contributed by atoms with van der Waals surface area (Å²) in [6, 6.07) is 38.9. The highest BCUT2D eigenvalue weighted by Crippen LogP contribution is 2.33. The standard InChI is InChI=1S/C20H14O.C8H8/c1-3-11-17-15(7-1)9-5-13-19(17)21-20-14-6-10-16-8-2-4-12-18(16)20;1-2-8-6-4-3-5-7-8/h1-14H;2-7H,1H2. The third kappa shape index (κ3) is 4.36. The first-order valence-corrected chi connectivity index (χ1v) is 9.66. The zero-order valence-electron chi connectivity index (χ0n) is 16.2. The first-order valence-electron chi connectivity index (χ1n) is 9.66. The zero-order chi connectivity index (χ0) is 19.9. The van der Waals surface area contributed by atoms with Gasteiger partial charge in [-0.2, -0.15) is 0 Å². The van der Waals surface area contributed by atoms with Crippen molar-refractivity contribution in [1.82, 2.24) is 0 Å². The fraction of sp³-hybridized carbons (Fsp3) is 0. The average molecular weight is 374 g/mol. The molecular formula is C28H22O. The normalized spacial score (nSPS) is 10.2. The molecule has 5 aromatic carbocycles. The van der Waals surface area contributed by atoms with Gasteiger partial charge in [-0.05, 0) is 28.5 Å². The molecule has 0 atom stereocenters. The number of fused-ring (bicyclic) bond motifs is 2. The summed E-state index contributed by atoms with van der Waals surface area (Å²) < 4.78 is 6.20.